The minimum absolute atomic E-state index is 0.128. The van der Waals surface area contributed by atoms with Gasteiger partial charge in [0.1, 0.15) is 17.3 Å². The molecule has 35 heavy (non-hydrogen) atoms. The summed E-state index contributed by atoms with van der Waals surface area (Å²) in [4.78, 5) is 16.8. The summed E-state index contributed by atoms with van der Waals surface area (Å²) in [5.74, 6) is -0.436. The topological polar surface area (TPSA) is 103 Å². The summed E-state index contributed by atoms with van der Waals surface area (Å²) in [5.41, 5.74) is 1.05. The Kier molecular flexibility index (Phi) is 6.33. The number of aromatic nitrogens is 3. The molecule has 1 N–H and O–H groups in total. The van der Waals surface area contributed by atoms with Crippen LogP contribution in [0.4, 0.5) is 10.1 Å². The first-order valence-electron chi connectivity index (χ1n) is 10.8. The van der Waals surface area contributed by atoms with Crippen molar-refractivity contribution in [2.24, 2.45) is 0 Å². The summed E-state index contributed by atoms with van der Waals surface area (Å²) in [6, 6.07) is 10.3. The number of fused-ring (bicyclic) bond motifs is 1. The lowest BCUT2D eigenvalue weighted by atomic mass is 10.1. The maximum atomic E-state index is 14.8. The fourth-order valence-corrected chi connectivity index (χ4v) is 4.06. The molecule has 0 aliphatic heterocycles. The zero-order valence-electron chi connectivity index (χ0n) is 19.7. The number of ether oxygens (including phenoxy) is 1. The van der Waals surface area contributed by atoms with Crippen molar-refractivity contribution in [1.29, 1.82) is 0 Å². The maximum absolute atomic E-state index is 14.8. The monoisotopic (exact) mass is 496 g/mol. The maximum Gasteiger partial charge on any atom is 0.228 e. The van der Waals surface area contributed by atoms with Crippen LogP contribution in [0, 0.1) is 5.82 Å². The third kappa shape index (κ3) is 5.65. The van der Waals surface area contributed by atoms with Gasteiger partial charge in [-0.05, 0) is 56.7 Å². The molecule has 4 rings (SSSR count). The summed E-state index contributed by atoms with van der Waals surface area (Å²) in [6.07, 6.45) is 5.74. The number of halogens is 1. The van der Waals surface area contributed by atoms with E-state index in [2.05, 4.69) is 15.4 Å². The van der Waals surface area contributed by atoms with Crippen LogP contribution in [0.3, 0.4) is 0 Å². The highest BCUT2D eigenvalue weighted by Gasteiger charge is 2.16. The lowest BCUT2D eigenvalue weighted by Crippen LogP contribution is -2.22. The molecule has 0 spiro atoms. The summed E-state index contributed by atoms with van der Waals surface area (Å²) in [7, 11) is -3.42. The van der Waals surface area contributed by atoms with E-state index in [-0.39, 0.29) is 34.1 Å². The molecule has 1 amide bonds. The molecule has 0 atom stereocenters. The van der Waals surface area contributed by atoms with Gasteiger partial charge in [-0.25, -0.2) is 12.8 Å². The Labute approximate surface area is 202 Å². The molecule has 2 heterocycles. The second-order valence-electron chi connectivity index (χ2n) is 9.18. The second kappa shape index (κ2) is 9.10. The van der Waals surface area contributed by atoms with Gasteiger partial charge >= 0.3 is 0 Å². The van der Waals surface area contributed by atoms with E-state index in [0.29, 0.717) is 22.3 Å². The predicted octanol–water partition coefficient (Wildman–Crippen LogP) is 4.70. The number of anilines is 1. The molecule has 0 saturated carbocycles. The normalized spacial score (nSPS) is 12.0. The first-order valence-corrected chi connectivity index (χ1v) is 12.7. The Morgan fingerprint density at radius 1 is 1.14 bits per heavy atom. The first kappa shape index (κ1) is 24.3. The van der Waals surface area contributed by atoms with Gasteiger partial charge in [0, 0.05) is 30.1 Å². The van der Waals surface area contributed by atoms with Gasteiger partial charge in [0.05, 0.1) is 34.3 Å². The number of carbonyl (C=O) groups is 1. The van der Waals surface area contributed by atoms with Crippen LogP contribution in [-0.4, -0.2) is 35.3 Å². The number of nitrogens with zero attached hydrogens (tertiary/aromatic N) is 3. The molecule has 182 valence electrons. The van der Waals surface area contributed by atoms with Gasteiger partial charge < -0.3 is 10.1 Å². The number of sulfone groups is 1. The highest BCUT2D eigenvalue weighted by atomic mass is 32.2. The van der Waals surface area contributed by atoms with E-state index in [1.165, 1.54) is 30.5 Å². The molecular weight excluding hydrogens is 471 g/mol. The van der Waals surface area contributed by atoms with Gasteiger partial charge in [-0.15, -0.1) is 0 Å². The van der Waals surface area contributed by atoms with Gasteiger partial charge in [0.25, 0.3) is 0 Å². The zero-order chi connectivity index (χ0) is 25.4. The summed E-state index contributed by atoms with van der Waals surface area (Å²) < 4.78 is 46.2. The van der Waals surface area contributed by atoms with Crippen LogP contribution in [0.15, 0.2) is 66.0 Å². The van der Waals surface area contributed by atoms with Gasteiger partial charge in [0.15, 0.2) is 9.84 Å². The van der Waals surface area contributed by atoms with Gasteiger partial charge in [-0.3, -0.25) is 14.5 Å². The van der Waals surface area contributed by atoms with E-state index in [0.717, 1.165) is 6.26 Å². The van der Waals surface area contributed by atoms with E-state index >= 15 is 0 Å². The smallest absolute Gasteiger partial charge is 0.228 e. The van der Waals surface area contributed by atoms with Crippen LogP contribution in [0.25, 0.3) is 10.9 Å². The lowest BCUT2D eigenvalue weighted by Gasteiger charge is -2.18. The van der Waals surface area contributed by atoms with Crippen LogP contribution in [-0.2, 0) is 26.6 Å². The van der Waals surface area contributed by atoms with Gasteiger partial charge in [0.2, 0.25) is 5.91 Å². The van der Waals surface area contributed by atoms with Crippen LogP contribution in [0.5, 0.6) is 11.5 Å². The number of nitrogens with one attached hydrogen (secondary N) is 1. The molecule has 8 nitrogen and oxygen atoms in total. The highest BCUT2D eigenvalue weighted by molar-refractivity contribution is 7.90. The molecule has 10 heteroatoms. The van der Waals surface area contributed by atoms with Gasteiger partial charge in [-0.1, -0.05) is 6.07 Å². The Bertz CT molecular complexity index is 1520. The minimum atomic E-state index is -3.42. The molecule has 0 radical (unpaired) electrons. The number of hydrogen-bond acceptors (Lipinski definition) is 6. The number of amides is 1. The second-order valence-corrected chi connectivity index (χ2v) is 11.2. The van der Waals surface area contributed by atoms with Crippen LogP contribution in [0.2, 0.25) is 0 Å². The Morgan fingerprint density at radius 2 is 1.91 bits per heavy atom. The van der Waals surface area contributed by atoms with Crippen molar-refractivity contribution in [3.63, 3.8) is 0 Å². The van der Waals surface area contributed by atoms with E-state index < -0.39 is 15.7 Å². The number of hydrogen-bond donors (Lipinski definition) is 1. The quantitative estimate of drug-likeness (QED) is 0.415. The van der Waals surface area contributed by atoms with Crippen molar-refractivity contribution in [2.75, 3.05) is 11.6 Å². The largest absolute Gasteiger partial charge is 0.456 e. The Morgan fingerprint density at radius 3 is 2.57 bits per heavy atom. The minimum Gasteiger partial charge on any atom is -0.456 e. The lowest BCUT2D eigenvalue weighted by molar-refractivity contribution is -0.115. The van der Waals surface area contributed by atoms with E-state index in [1.807, 2.05) is 20.8 Å². The van der Waals surface area contributed by atoms with Crippen LogP contribution >= 0.6 is 0 Å². The molecule has 2 aromatic carbocycles. The standard InChI is InChI=1S/C25H25FN4O4S/c1-25(2,3)30-15-17(14-28-30)29-24(31)11-16-5-6-18(12-21(16)26)34-23-9-10-27-22-8-7-19(13-20(22)23)35(4,32)33/h5-10,12-15H,11H2,1-4H3,(H,29,31). The van der Waals surface area contributed by atoms with E-state index in [4.69, 9.17) is 4.74 Å². The first-order chi connectivity index (χ1) is 16.4. The molecule has 0 aliphatic rings. The SMILES string of the molecule is CC(C)(C)n1cc(NC(=O)Cc2ccc(Oc3ccnc4ccc(S(C)(=O)=O)cc34)cc2F)cn1. The summed E-state index contributed by atoms with van der Waals surface area (Å²) in [5, 5.41) is 7.44. The zero-order valence-corrected chi connectivity index (χ0v) is 20.6. The van der Waals surface area contributed by atoms with Crippen molar-refractivity contribution in [3.05, 3.63) is 72.4 Å². The molecule has 0 fully saturated rings. The molecule has 0 bridgehead atoms. The van der Waals surface area contributed by atoms with Crippen LogP contribution < -0.4 is 10.1 Å². The predicted molar refractivity (Wildman–Crippen MR) is 131 cm³/mol. The molecule has 4 aromatic rings. The molecule has 0 unspecified atom stereocenters. The number of pyridine rings is 1. The van der Waals surface area contributed by atoms with Crippen molar-refractivity contribution in [2.45, 2.75) is 37.6 Å². The molecule has 0 saturated heterocycles. The molecular formula is C25H25FN4O4S. The highest BCUT2D eigenvalue weighted by Crippen LogP contribution is 2.31. The van der Waals surface area contributed by atoms with Gasteiger partial charge in [-0.2, -0.15) is 5.10 Å². The van der Waals surface area contributed by atoms with Crippen molar-refractivity contribution < 1.29 is 22.3 Å². The Hall–Kier alpha value is -3.79. The van der Waals surface area contributed by atoms with Crippen molar-refractivity contribution in [1.82, 2.24) is 14.8 Å². The van der Waals surface area contributed by atoms with Crippen molar-refractivity contribution in [3.8, 4) is 11.5 Å². The molecule has 0 aliphatic carbocycles. The Balaban J connectivity index is 1.50. The van der Waals surface area contributed by atoms with Crippen LogP contribution in [0.1, 0.15) is 26.3 Å². The average molecular weight is 497 g/mol. The summed E-state index contributed by atoms with van der Waals surface area (Å²) in [6.45, 7) is 5.97. The third-order valence-electron chi connectivity index (χ3n) is 5.26. The number of rotatable bonds is 6. The number of benzene rings is 2. The average Bonchev–Trinajstić information content (AvgIpc) is 3.24. The number of carbonyl (C=O) groups excluding carboxylic acids is 1. The fourth-order valence-electron chi connectivity index (χ4n) is 3.41. The van der Waals surface area contributed by atoms with E-state index in [1.54, 1.807) is 35.3 Å². The molecule has 2 aromatic heterocycles. The van der Waals surface area contributed by atoms with E-state index in [9.17, 15) is 17.6 Å². The fraction of sp³-hybridized carbons (Fsp3) is 0.240. The van der Waals surface area contributed by atoms with Crippen molar-refractivity contribution >= 4 is 32.3 Å². The third-order valence-corrected chi connectivity index (χ3v) is 6.37. The summed E-state index contributed by atoms with van der Waals surface area (Å²) >= 11 is 0.